The Morgan fingerprint density at radius 1 is 1.02 bits per heavy atom. The third-order valence-corrected chi connectivity index (χ3v) is 7.72. The minimum absolute atomic E-state index is 0. The molecule has 0 atom stereocenters. The fourth-order valence-electron chi connectivity index (χ4n) is 5.26. The molecule has 240 valence electrons. The number of benzene rings is 2. The number of halogens is 2. The summed E-state index contributed by atoms with van der Waals surface area (Å²) in [6.07, 6.45) is 6.81. The molecule has 10 heteroatoms. The van der Waals surface area contributed by atoms with Gasteiger partial charge in [0.25, 0.3) is 5.91 Å². The summed E-state index contributed by atoms with van der Waals surface area (Å²) in [4.78, 5) is 28.9. The maximum atomic E-state index is 13.3. The predicted octanol–water partition coefficient (Wildman–Crippen LogP) is 8.37. The maximum Gasteiger partial charge on any atom is 0.503 e. The predicted molar refractivity (Wildman–Crippen MR) is 180 cm³/mol. The van der Waals surface area contributed by atoms with Crippen molar-refractivity contribution in [2.24, 2.45) is 0 Å². The number of aromatic nitrogens is 1. The molecule has 1 saturated carbocycles. The summed E-state index contributed by atoms with van der Waals surface area (Å²) in [5.74, 6) is 0.523. The minimum atomic E-state index is -1.83. The van der Waals surface area contributed by atoms with Crippen LogP contribution >= 0.6 is 24.0 Å². The number of nitrogens with zero attached hydrogens (tertiary/aromatic N) is 2. The molecule has 8 nitrogen and oxygen atoms in total. The third-order valence-electron chi connectivity index (χ3n) is 7.41. The summed E-state index contributed by atoms with van der Waals surface area (Å²) in [5, 5.41) is 17.7. The highest BCUT2D eigenvalue weighted by atomic mass is 35.5. The molecule has 0 saturated heterocycles. The monoisotopic (exact) mass is 645 g/mol. The molecule has 4 rings (SSSR count). The maximum absolute atomic E-state index is 13.3. The Labute approximate surface area is 272 Å². The van der Waals surface area contributed by atoms with Gasteiger partial charge in [-0.2, -0.15) is 0 Å². The van der Waals surface area contributed by atoms with Crippen molar-refractivity contribution in [1.29, 1.82) is 0 Å². The van der Waals surface area contributed by atoms with E-state index in [0.29, 0.717) is 23.1 Å². The average molecular weight is 647 g/mol. The van der Waals surface area contributed by atoms with E-state index >= 15 is 0 Å². The van der Waals surface area contributed by atoms with Crippen molar-refractivity contribution in [3.63, 3.8) is 0 Å². The molecule has 1 fully saturated rings. The van der Waals surface area contributed by atoms with Gasteiger partial charge in [-0.15, -0.1) is 12.4 Å². The largest absolute Gasteiger partial charge is 0.503 e. The molecule has 1 amide bonds. The molecule has 0 radical (unpaired) electrons. The van der Waals surface area contributed by atoms with Gasteiger partial charge in [0.05, 0.1) is 17.3 Å². The number of aryl methyl sites for hydroxylation is 2. The van der Waals surface area contributed by atoms with Crippen molar-refractivity contribution in [1.82, 2.24) is 15.2 Å². The number of pyridine rings is 1. The second kappa shape index (κ2) is 18.5. The molecule has 3 aromatic rings. The molecule has 1 aliphatic rings. The molecule has 1 heterocycles. The van der Waals surface area contributed by atoms with Gasteiger partial charge in [0.1, 0.15) is 11.4 Å². The van der Waals surface area contributed by atoms with E-state index in [1.165, 1.54) is 17.5 Å². The van der Waals surface area contributed by atoms with E-state index in [9.17, 15) is 4.79 Å². The van der Waals surface area contributed by atoms with Gasteiger partial charge in [-0.25, -0.2) is 9.78 Å². The van der Waals surface area contributed by atoms with Gasteiger partial charge in [0.2, 0.25) is 0 Å². The third kappa shape index (κ3) is 11.3. The minimum Gasteiger partial charge on any atom is -0.492 e. The van der Waals surface area contributed by atoms with Gasteiger partial charge in [0, 0.05) is 23.7 Å². The molecule has 1 aromatic heterocycles. The van der Waals surface area contributed by atoms with Crippen LogP contribution in [0.2, 0.25) is 5.02 Å². The Hall–Kier alpha value is -3.33. The van der Waals surface area contributed by atoms with Crippen molar-refractivity contribution in [3.8, 4) is 28.1 Å². The van der Waals surface area contributed by atoms with E-state index in [2.05, 4.69) is 56.4 Å². The first-order valence-electron chi connectivity index (χ1n) is 15.0. The van der Waals surface area contributed by atoms with Crippen LogP contribution in [0.1, 0.15) is 73.5 Å². The number of hydrogen-bond donors (Lipinski definition) is 3. The molecule has 44 heavy (non-hydrogen) atoms. The molecule has 0 unspecified atom stereocenters. The zero-order valence-corrected chi connectivity index (χ0v) is 27.6. The highest BCUT2D eigenvalue weighted by Crippen LogP contribution is 2.37. The first-order valence-corrected chi connectivity index (χ1v) is 15.4. The molecular weight excluding hydrogens is 601 g/mol. The fraction of sp³-hybridized carbons (Fsp3) is 0.441. The summed E-state index contributed by atoms with van der Waals surface area (Å²) < 4.78 is 6.08. The standard InChI is InChI=1S/C33H42ClN3O2.CH2O3.ClH/c1-5-10-24-14-13-23(2)28(21-24)27-16-18-30(33(38)35-26-11-7-6-8-12-26)36-32(27)25-15-17-29(34)31(22-25)39-20-9-19-37(3)4;2-1(3)4;/h13-18,21-22,26H,5-12,19-20H2,1-4H3,(H,35,38);(H2,2,3,4);1H. The normalized spacial score (nSPS) is 13.0. The van der Waals surface area contributed by atoms with E-state index in [-0.39, 0.29) is 24.4 Å². The summed E-state index contributed by atoms with van der Waals surface area (Å²) in [6.45, 7) is 5.83. The van der Waals surface area contributed by atoms with Gasteiger partial charge in [-0.3, -0.25) is 4.79 Å². The van der Waals surface area contributed by atoms with Gasteiger partial charge in [-0.05, 0) is 87.7 Å². The first kappa shape index (κ1) is 36.9. The quantitative estimate of drug-likeness (QED) is 0.180. The van der Waals surface area contributed by atoms with E-state index in [4.69, 9.17) is 36.3 Å². The van der Waals surface area contributed by atoms with Crippen LogP contribution < -0.4 is 10.1 Å². The van der Waals surface area contributed by atoms with Crippen LogP contribution in [0.25, 0.3) is 22.4 Å². The van der Waals surface area contributed by atoms with Crippen molar-refractivity contribution in [3.05, 3.63) is 70.4 Å². The van der Waals surface area contributed by atoms with Crippen LogP contribution in [0.3, 0.4) is 0 Å². The SMILES string of the molecule is CCCc1ccc(C)c(-c2ccc(C(=O)NC3CCCCC3)nc2-c2ccc(Cl)c(OCCCN(C)C)c2)c1.Cl.O=C(O)O. The number of amides is 1. The Bertz CT molecular complexity index is 1370. The second-order valence-corrected chi connectivity index (χ2v) is 11.6. The Balaban J connectivity index is 0.00000127. The lowest BCUT2D eigenvalue weighted by Gasteiger charge is -2.23. The fourth-order valence-corrected chi connectivity index (χ4v) is 5.43. The van der Waals surface area contributed by atoms with Crippen LogP contribution in [0.5, 0.6) is 5.75 Å². The lowest BCUT2D eigenvalue weighted by atomic mass is 9.93. The van der Waals surface area contributed by atoms with Crippen LogP contribution in [0, 0.1) is 6.92 Å². The molecule has 3 N–H and O–H groups in total. The van der Waals surface area contributed by atoms with E-state index in [0.717, 1.165) is 73.9 Å². The number of ether oxygens (including phenoxy) is 1. The van der Waals surface area contributed by atoms with Gasteiger partial charge < -0.3 is 25.2 Å². The zero-order valence-electron chi connectivity index (χ0n) is 26.1. The highest BCUT2D eigenvalue weighted by Gasteiger charge is 2.20. The summed E-state index contributed by atoms with van der Waals surface area (Å²) in [6, 6.07) is 16.5. The van der Waals surface area contributed by atoms with Crippen LogP contribution in [0.4, 0.5) is 4.79 Å². The van der Waals surface area contributed by atoms with Gasteiger partial charge in [0.15, 0.2) is 0 Å². The van der Waals surface area contributed by atoms with Crippen molar-refractivity contribution in [2.45, 2.75) is 71.3 Å². The number of carbonyl (C=O) groups excluding carboxylic acids is 1. The van der Waals surface area contributed by atoms with E-state index < -0.39 is 6.16 Å². The Morgan fingerprint density at radius 3 is 2.39 bits per heavy atom. The summed E-state index contributed by atoms with van der Waals surface area (Å²) in [5.41, 5.74) is 6.68. The number of carboxylic acid groups (broad SMARTS) is 2. The zero-order chi connectivity index (χ0) is 31.4. The molecule has 2 aromatic carbocycles. The number of carbonyl (C=O) groups is 2. The smallest absolute Gasteiger partial charge is 0.492 e. The van der Waals surface area contributed by atoms with Crippen molar-refractivity contribution >= 4 is 36.1 Å². The molecular formula is C34H45Cl2N3O5. The van der Waals surface area contributed by atoms with Crippen molar-refractivity contribution in [2.75, 3.05) is 27.2 Å². The molecule has 0 spiro atoms. The van der Waals surface area contributed by atoms with Crippen molar-refractivity contribution < 1.29 is 24.5 Å². The highest BCUT2D eigenvalue weighted by molar-refractivity contribution is 6.32. The number of hydrogen-bond acceptors (Lipinski definition) is 5. The molecule has 1 aliphatic carbocycles. The van der Waals surface area contributed by atoms with E-state index in [1.807, 2.05) is 30.3 Å². The van der Waals surface area contributed by atoms with Crippen LogP contribution in [-0.2, 0) is 6.42 Å². The van der Waals surface area contributed by atoms with Crippen LogP contribution in [0.15, 0.2) is 48.5 Å². The summed E-state index contributed by atoms with van der Waals surface area (Å²) >= 11 is 6.53. The molecule has 0 bridgehead atoms. The lowest BCUT2D eigenvalue weighted by Crippen LogP contribution is -2.36. The van der Waals surface area contributed by atoms with Crippen LogP contribution in [-0.4, -0.2) is 65.4 Å². The van der Waals surface area contributed by atoms with E-state index in [1.54, 1.807) is 0 Å². The second-order valence-electron chi connectivity index (χ2n) is 11.2. The molecule has 0 aliphatic heterocycles. The van der Waals surface area contributed by atoms with Gasteiger partial charge >= 0.3 is 6.16 Å². The number of rotatable bonds is 11. The summed E-state index contributed by atoms with van der Waals surface area (Å²) in [7, 11) is 4.10. The lowest BCUT2D eigenvalue weighted by molar-refractivity contribution is 0.0922. The number of nitrogens with one attached hydrogen (secondary N) is 1. The topological polar surface area (TPSA) is 112 Å². The average Bonchev–Trinajstić information content (AvgIpc) is 2.97. The first-order chi connectivity index (χ1) is 20.6. The van der Waals surface area contributed by atoms with Gasteiger partial charge in [-0.1, -0.05) is 68.5 Å². The Morgan fingerprint density at radius 2 is 1.73 bits per heavy atom. The Kier molecular flexibility index (Phi) is 15.5.